The van der Waals surface area contributed by atoms with E-state index in [1.807, 2.05) is 31.2 Å². The number of rotatable bonds is 4. The lowest BCUT2D eigenvalue weighted by molar-refractivity contribution is 0.0634. The van der Waals surface area contributed by atoms with E-state index in [1.165, 1.54) is 13.0 Å². The molecule has 2 aromatic rings. The maximum atomic E-state index is 13.8. The smallest absolute Gasteiger partial charge is 0.193 e. The van der Waals surface area contributed by atoms with Crippen LogP contribution in [-0.4, -0.2) is 17.6 Å². The van der Waals surface area contributed by atoms with E-state index < -0.39 is 17.2 Å². The van der Waals surface area contributed by atoms with Crippen molar-refractivity contribution in [2.24, 2.45) is 10.7 Å². The van der Waals surface area contributed by atoms with Crippen LogP contribution in [0.15, 0.2) is 47.5 Å². The van der Waals surface area contributed by atoms with Gasteiger partial charge in [-0.15, -0.1) is 0 Å². The number of nitrogens with one attached hydrogen (secondary N) is 1. The van der Waals surface area contributed by atoms with E-state index in [9.17, 15) is 13.9 Å². The van der Waals surface area contributed by atoms with Gasteiger partial charge in [0.1, 0.15) is 17.2 Å². The first-order valence-corrected chi connectivity index (χ1v) is 7.09. The molecule has 2 rings (SSSR count). The minimum absolute atomic E-state index is 0.0361. The number of aryl methyl sites for hydroxylation is 1. The first kappa shape index (κ1) is 16.9. The number of hydrogen-bond donors (Lipinski definition) is 3. The van der Waals surface area contributed by atoms with Gasteiger partial charge in [0.25, 0.3) is 0 Å². The molecule has 0 bridgehead atoms. The highest BCUT2D eigenvalue weighted by Crippen LogP contribution is 2.24. The third-order valence-corrected chi connectivity index (χ3v) is 3.36. The first-order chi connectivity index (χ1) is 10.8. The zero-order valence-corrected chi connectivity index (χ0v) is 13.0. The Kier molecular flexibility index (Phi) is 4.95. The van der Waals surface area contributed by atoms with Gasteiger partial charge in [-0.3, -0.25) is 0 Å². The van der Waals surface area contributed by atoms with Crippen molar-refractivity contribution >= 4 is 11.6 Å². The second-order valence-electron chi connectivity index (χ2n) is 5.59. The van der Waals surface area contributed by atoms with Crippen molar-refractivity contribution in [2.75, 3.05) is 11.9 Å². The van der Waals surface area contributed by atoms with Crippen LogP contribution in [0, 0.1) is 18.6 Å². The number of halogens is 2. The lowest BCUT2D eigenvalue weighted by Crippen LogP contribution is -2.30. The van der Waals surface area contributed by atoms with Crippen molar-refractivity contribution in [3.63, 3.8) is 0 Å². The molecule has 6 heteroatoms. The number of nitrogens with zero attached hydrogens (tertiary/aromatic N) is 1. The largest absolute Gasteiger partial charge is 0.383 e. The van der Waals surface area contributed by atoms with E-state index in [2.05, 4.69) is 10.3 Å². The molecule has 0 aromatic heterocycles. The van der Waals surface area contributed by atoms with Crippen LogP contribution in [0.5, 0.6) is 0 Å². The molecular formula is C17H19F2N3O. The molecule has 0 amide bonds. The molecule has 0 aliphatic rings. The molecule has 4 N–H and O–H groups in total. The predicted octanol–water partition coefficient (Wildman–Crippen LogP) is 2.91. The van der Waals surface area contributed by atoms with Gasteiger partial charge < -0.3 is 16.2 Å². The Morgan fingerprint density at radius 1 is 1.26 bits per heavy atom. The zero-order valence-electron chi connectivity index (χ0n) is 13.0. The van der Waals surface area contributed by atoms with Gasteiger partial charge in [0, 0.05) is 17.3 Å². The summed E-state index contributed by atoms with van der Waals surface area (Å²) in [7, 11) is 0. The molecule has 0 aliphatic carbocycles. The monoisotopic (exact) mass is 319 g/mol. The molecular weight excluding hydrogens is 300 g/mol. The molecule has 2 aromatic carbocycles. The van der Waals surface area contributed by atoms with Crippen molar-refractivity contribution in [1.82, 2.24) is 0 Å². The molecule has 0 fully saturated rings. The molecule has 0 heterocycles. The Hall–Kier alpha value is -2.47. The lowest BCUT2D eigenvalue weighted by atomic mass is 9.95. The highest BCUT2D eigenvalue weighted by molar-refractivity contribution is 5.92. The summed E-state index contributed by atoms with van der Waals surface area (Å²) in [6.07, 6.45) is 0. The minimum Gasteiger partial charge on any atom is -0.383 e. The summed E-state index contributed by atoms with van der Waals surface area (Å²) in [4.78, 5) is 4.03. The van der Waals surface area contributed by atoms with Gasteiger partial charge in [0.15, 0.2) is 5.96 Å². The van der Waals surface area contributed by atoms with Gasteiger partial charge in [-0.25, -0.2) is 13.8 Å². The summed E-state index contributed by atoms with van der Waals surface area (Å²) in [5, 5.41) is 13.3. The number of benzene rings is 2. The third-order valence-electron chi connectivity index (χ3n) is 3.36. The van der Waals surface area contributed by atoms with Crippen LogP contribution in [-0.2, 0) is 5.60 Å². The number of hydrogen-bond acceptors (Lipinski definition) is 2. The molecule has 122 valence electrons. The van der Waals surface area contributed by atoms with Crippen LogP contribution in [0.3, 0.4) is 0 Å². The van der Waals surface area contributed by atoms with Crippen LogP contribution in [0.1, 0.15) is 18.1 Å². The fourth-order valence-electron chi connectivity index (χ4n) is 2.16. The van der Waals surface area contributed by atoms with Crippen molar-refractivity contribution in [2.45, 2.75) is 19.4 Å². The normalized spacial score (nSPS) is 14.4. The summed E-state index contributed by atoms with van der Waals surface area (Å²) >= 11 is 0. The molecule has 0 saturated heterocycles. The summed E-state index contributed by atoms with van der Waals surface area (Å²) in [5.74, 6) is -1.43. The molecule has 23 heavy (non-hydrogen) atoms. The van der Waals surface area contributed by atoms with Gasteiger partial charge in [-0.2, -0.15) is 0 Å². The Morgan fingerprint density at radius 3 is 2.65 bits per heavy atom. The number of aliphatic imine (C=N–C) groups is 1. The van der Waals surface area contributed by atoms with Crippen LogP contribution in [0.25, 0.3) is 0 Å². The topological polar surface area (TPSA) is 70.6 Å². The maximum absolute atomic E-state index is 13.8. The van der Waals surface area contributed by atoms with Crippen LogP contribution in [0.4, 0.5) is 14.5 Å². The first-order valence-electron chi connectivity index (χ1n) is 7.09. The second-order valence-corrected chi connectivity index (χ2v) is 5.59. The van der Waals surface area contributed by atoms with Crippen molar-refractivity contribution in [3.8, 4) is 0 Å². The van der Waals surface area contributed by atoms with Gasteiger partial charge in [-0.1, -0.05) is 18.2 Å². The van der Waals surface area contributed by atoms with Crippen LogP contribution >= 0.6 is 0 Å². The van der Waals surface area contributed by atoms with Gasteiger partial charge in [-0.05, 0) is 37.6 Å². The summed E-state index contributed by atoms with van der Waals surface area (Å²) in [6, 6.07) is 10.5. The van der Waals surface area contributed by atoms with Gasteiger partial charge in [0.2, 0.25) is 0 Å². The average Bonchev–Trinajstić information content (AvgIpc) is 2.45. The SMILES string of the molecule is Cc1cccc(NC(N)=NCC(C)(O)c2ccc(F)cc2F)c1. The fourth-order valence-corrected chi connectivity index (χ4v) is 2.16. The Labute approximate surface area is 133 Å². The number of aliphatic hydroxyl groups is 1. The van der Waals surface area contributed by atoms with E-state index in [0.29, 0.717) is 0 Å². The van der Waals surface area contributed by atoms with Gasteiger partial charge in [0.05, 0.1) is 6.54 Å². The van der Waals surface area contributed by atoms with Gasteiger partial charge >= 0.3 is 0 Å². The summed E-state index contributed by atoms with van der Waals surface area (Å²) in [5.41, 5.74) is 5.96. The average molecular weight is 319 g/mol. The molecule has 1 unspecified atom stereocenters. The standard InChI is InChI=1S/C17H19F2N3O/c1-11-4-3-5-13(8-11)22-16(20)21-10-17(2,23)14-7-6-12(18)9-15(14)19/h3-9,23H,10H2,1-2H3,(H3,20,21,22). The Balaban J connectivity index is 2.10. The lowest BCUT2D eigenvalue weighted by Gasteiger charge is -2.22. The van der Waals surface area contributed by atoms with Crippen LogP contribution in [0.2, 0.25) is 0 Å². The maximum Gasteiger partial charge on any atom is 0.193 e. The molecule has 0 spiro atoms. The molecule has 1 atom stereocenters. The van der Waals surface area contributed by atoms with Crippen molar-refractivity contribution in [3.05, 3.63) is 65.2 Å². The van der Waals surface area contributed by atoms with Crippen molar-refractivity contribution < 1.29 is 13.9 Å². The molecule has 4 nitrogen and oxygen atoms in total. The van der Waals surface area contributed by atoms with E-state index in [1.54, 1.807) is 0 Å². The molecule has 0 radical (unpaired) electrons. The minimum atomic E-state index is -1.60. The summed E-state index contributed by atoms with van der Waals surface area (Å²) in [6.45, 7) is 3.17. The Morgan fingerprint density at radius 2 is 2.00 bits per heavy atom. The molecule has 0 saturated carbocycles. The highest BCUT2D eigenvalue weighted by atomic mass is 19.1. The summed E-state index contributed by atoms with van der Waals surface area (Å²) < 4.78 is 26.7. The number of anilines is 1. The zero-order chi connectivity index (χ0) is 17.0. The quantitative estimate of drug-likeness (QED) is 0.599. The van der Waals surface area contributed by atoms with E-state index in [4.69, 9.17) is 5.73 Å². The predicted molar refractivity (Wildman–Crippen MR) is 87.2 cm³/mol. The van der Waals surface area contributed by atoms with Crippen molar-refractivity contribution in [1.29, 1.82) is 0 Å². The highest BCUT2D eigenvalue weighted by Gasteiger charge is 2.26. The van der Waals surface area contributed by atoms with E-state index in [0.717, 1.165) is 23.4 Å². The Bertz CT molecular complexity index is 730. The van der Waals surface area contributed by atoms with E-state index >= 15 is 0 Å². The fraction of sp³-hybridized carbons (Fsp3) is 0.235. The van der Waals surface area contributed by atoms with Crippen LogP contribution < -0.4 is 11.1 Å². The number of nitrogens with two attached hydrogens (primary N) is 1. The third kappa shape index (κ3) is 4.50. The van der Waals surface area contributed by atoms with E-state index in [-0.39, 0.29) is 18.1 Å². The number of guanidine groups is 1. The second kappa shape index (κ2) is 6.75. The molecule has 0 aliphatic heterocycles.